The van der Waals surface area contributed by atoms with Crippen LogP contribution < -0.4 is 10.1 Å². The fourth-order valence-corrected chi connectivity index (χ4v) is 4.10. The molecule has 0 aliphatic rings. The molecule has 9 nitrogen and oxygen atoms in total. The van der Waals surface area contributed by atoms with Gasteiger partial charge in [-0.2, -0.15) is 0 Å². The molecule has 3 heterocycles. The van der Waals surface area contributed by atoms with Gasteiger partial charge in [0, 0.05) is 6.20 Å². The number of aromatic nitrogens is 2. The van der Waals surface area contributed by atoms with E-state index in [1.165, 1.54) is 21.3 Å². The van der Waals surface area contributed by atoms with E-state index >= 15 is 0 Å². The Morgan fingerprint density at radius 3 is 2.41 bits per heavy atom. The largest absolute Gasteiger partial charge is 0.493 e. The molecular weight excluding hydrogens is 398 g/mol. The van der Waals surface area contributed by atoms with Gasteiger partial charge >= 0.3 is 11.9 Å². The summed E-state index contributed by atoms with van der Waals surface area (Å²) in [7, 11) is 3.99. The molecule has 10 heteroatoms. The SMILES string of the molecule is COC(=O)c1sc(NC(=O)c2c(C)nc3c(OC)cccn23)c(C(=O)OC)c1C. The monoisotopic (exact) mass is 417 g/mol. The topological polar surface area (TPSA) is 108 Å². The quantitative estimate of drug-likeness (QED) is 0.636. The number of fused-ring (bicyclic) bond motifs is 1. The molecule has 0 atom stereocenters. The first-order chi connectivity index (χ1) is 13.8. The second kappa shape index (κ2) is 7.92. The Morgan fingerprint density at radius 1 is 1.10 bits per heavy atom. The molecule has 0 bridgehead atoms. The first-order valence-corrected chi connectivity index (χ1v) is 9.28. The molecule has 0 spiro atoms. The van der Waals surface area contributed by atoms with Crippen molar-refractivity contribution in [1.82, 2.24) is 9.38 Å². The summed E-state index contributed by atoms with van der Waals surface area (Å²) >= 11 is 0.945. The van der Waals surface area contributed by atoms with Crippen molar-refractivity contribution < 1.29 is 28.6 Å². The third kappa shape index (κ3) is 3.42. The smallest absolute Gasteiger partial charge is 0.348 e. The summed E-state index contributed by atoms with van der Waals surface area (Å²) in [6.45, 7) is 3.29. The first kappa shape index (κ1) is 20.3. The number of carbonyl (C=O) groups excluding carboxylic acids is 3. The zero-order valence-electron chi connectivity index (χ0n) is 16.5. The van der Waals surface area contributed by atoms with Gasteiger partial charge in [0.2, 0.25) is 0 Å². The molecular formula is C19H19N3O6S. The summed E-state index contributed by atoms with van der Waals surface area (Å²) in [6, 6.07) is 3.47. The van der Waals surface area contributed by atoms with E-state index in [1.54, 1.807) is 36.6 Å². The van der Waals surface area contributed by atoms with Crippen molar-refractivity contribution in [1.29, 1.82) is 0 Å². The summed E-state index contributed by atoms with van der Waals surface area (Å²) in [5, 5.41) is 2.90. The van der Waals surface area contributed by atoms with Gasteiger partial charge in [-0.1, -0.05) is 0 Å². The maximum absolute atomic E-state index is 13.1. The van der Waals surface area contributed by atoms with E-state index in [9.17, 15) is 14.4 Å². The maximum Gasteiger partial charge on any atom is 0.348 e. The molecule has 0 fully saturated rings. The van der Waals surface area contributed by atoms with Gasteiger partial charge in [-0.15, -0.1) is 11.3 Å². The number of hydrogen-bond donors (Lipinski definition) is 1. The predicted octanol–water partition coefficient (Wildman–Crippen LogP) is 2.85. The molecule has 3 aromatic rings. The lowest BCUT2D eigenvalue weighted by Gasteiger charge is -2.07. The van der Waals surface area contributed by atoms with E-state index in [0.717, 1.165) is 11.3 Å². The van der Waals surface area contributed by atoms with E-state index < -0.39 is 17.8 Å². The summed E-state index contributed by atoms with van der Waals surface area (Å²) in [6.07, 6.45) is 1.69. The molecule has 0 saturated carbocycles. The van der Waals surface area contributed by atoms with Crippen LogP contribution in [-0.4, -0.2) is 48.6 Å². The molecule has 0 unspecified atom stereocenters. The van der Waals surface area contributed by atoms with Crippen LogP contribution in [-0.2, 0) is 9.47 Å². The van der Waals surface area contributed by atoms with Crippen molar-refractivity contribution >= 4 is 39.8 Å². The van der Waals surface area contributed by atoms with Crippen LogP contribution in [0, 0.1) is 13.8 Å². The van der Waals surface area contributed by atoms with Gasteiger partial charge in [0.15, 0.2) is 11.4 Å². The standard InChI is InChI=1S/C19H19N3O6S/c1-9-12(18(24)27-4)17(29-14(9)19(25)28-5)21-16(23)13-10(2)20-15-11(26-3)7-6-8-22(13)15/h6-8H,1-5H3,(H,21,23). The van der Waals surface area contributed by atoms with Crippen molar-refractivity contribution in [3.8, 4) is 5.75 Å². The fourth-order valence-electron chi connectivity index (χ4n) is 2.99. The minimum atomic E-state index is -0.666. The maximum atomic E-state index is 13.1. The van der Waals surface area contributed by atoms with E-state index in [0.29, 0.717) is 22.7 Å². The predicted molar refractivity (Wildman–Crippen MR) is 106 cm³/mol. The van der Waals surface area contributed by atoms with Crippen LogP contribution in [0.4, 0.5) is 5.00 Å². The van der Waals surface area contributed by atoms with Gasteiger partial charge < -0.3 is 19.5 Å². The average Bonchev–Trinajstić information content (AvgIpc) is 3.22. The summed E-state index contributed by atoms with van der Waals surface area (Å²) < 4.78 is 16.5. The van der Waals surface area contributed by atoms with Crippen LogP contribution in [0.5, 0.6) is 5.75 Å². The van der Waals surface area contributed by atoms with Crippen LogP contribution in [0.15, 0.2) is 18.3 Å². The van der Waals surface area contributed by atoms with Crippen LogP contribution >= 0.6 is 11.3 Å². The molecule has 0 aliphatic heterocycles. The van der Waals surface area contributed by atoms with Crippen LogP contribution in [0.3, 0.4) is 0 Å². The number of imidazole rings is 1. The molecule has 1 amide bonds. The van der Waals surface area contributed by atoms with E-state index in [1.807, 2.05) is 0 Å². The van der Waals surface area contributed by atoms with Gasteiger partial charge in [0.25, 0.3) is 5.91 Å². The zero-order valence-corrected chi connectivity index (χ0v) is 17.3. The summed E-state index contributed by atoms with van der Waals surface area (Å²) in [5.41, 5.74) is 1.73. The van der Waals surface area contributed by atoms with Gasteiger partial charge in [-0.3, -0.25) is 9.20 Å². The van der Waals surface area contributed by atoms with E-state index in [2.05, 4.69) is 10.3 Å². The molecule has 3 rings (SSSR count). The third-order valence-electron chi connectivity index (χ3n) is 4.36. The van der Waals surface area contributed by atoms with Crippen molar-refractivity contribution in [2.45, 2.75) is 13.8 Å². The lowest BCUT2D eigenvalue weighted by atomic mass is 10.1. The molecule has 3 aromatic heterocycles. The van der Waals surface area contributed by atoms with Gasteiger partial charge in [0.05, 0.1) is 32.6 Å². The number of hydrogen-bond acceptors (Lipinski definition) is 8. The van der Waals surface area contributed by atoms with Crippen molar-refractivity contribution in [3.05, 3.63) is 45.7 Å². The number of nitrogens with one attached hydrogen (secondary N) is 1. The summed E-state index contributed by atoms with van der Waals surface area (Å²) in [5.74, 6) is -1.24. The van der Waals surface area contributed by atoms with Crippen LogP contribution in [0.2, 0.25) is 0 Å². The van der Waals surface area contributed by atoms with Crippen molar-refractivity contribution in [3.63, 3.8) is 0 Å². The molecule has 152 valence electrons. The van der Waals surface area contributed by atoms with Gasteiger partial charge in [0.1, 0.15) is 15.6 Å². The number of aryl methyl sites for hydroxylation is 1. The van der Waals surface area contributed by atoms with E-state index in [-0.39, 0.29) is 21.1 Å². The van der Waals surface area contributed by atoms with Gasteiger partial charge in [-0.25, -0.2) is 14.6 Å². The lowest BCUT2D eigenvalue weighted by Crippen LogP contribution is -2.17. The number of carbonyl (C=O) groups is 3. The number of nitrogens with zero attached hydrogens (tertiary/aromatic N) is 2. The Kier molecular flexibility index (Phi) is 5.55. The number of amides is 1. The molecule has 0 saturated heterocycles. The Bertz CT molecular complexity index is 1130. The molecule has 0 aromatic carbocycles. The lowest BCUT2D eigenvalue weighted by molar-refractivity contribution is 0.0601. The Hall–Kier alpha value is -3.40. The Labute approximate surface area is 170 Å². The highest BCUT2D eigenvalue weighted by Gasteiger charge is 2.28. The van der Waals surface area contributed by atoms with Crippen LogP contribution in [0.25, 0.3) is 5.65 Å². The number of anilines is 1. The molecule has 1 N–H and O–H groups in total. The molecule has 0 aliphatic carbocycles. The van der Waals surface area contributed by atoms with Crippen LogP contribution in [0.1, 0.15) is 41.8 Å². The molecule has 0 radical (unpaired) electrons. The zero-order chi connectivity index (χ0) is 21.3. The fraction of sp³-hybridized carbons (Fsp3) is 0.263. The molecule has 29 heavy (non-hydrogen) atoms. The van der Waals surface area contributed by atoms with Gasteiger partial charge in [-0.05, 0) is 31.5 Å². The number of rotatable bonds is 5. The minimum absolute atomic E-state index is 0.107. The Morgan fingerprint density at radius 2 is 1.79 bits per heavy atom. The summed E-state index contributed by atoms with van der Waals surface area (Å²) in [4.78, 5) is 41.9. The average molecular weight is 417 g/mol. The normalized spacial score (nSPS) is 10.7. The number of ether oxygens (including phenoxy) is 3. The number of esters is 2. The number of methoxy groups -OCH3 is 3. The minimum Gasteiger partial charge on any atom is -0.493 e. The second-order valence-corrected chi connectivity index (χ2v) is 7.03. The van der Waals surface area contributed by atoms with Crippen molar-refractivity contribution in [2.24, 2.45) is 0 Å². The van der Waals surface area contributed by atoms with E-state index in [4.69, 9.17) is 14.2 Å². The number of pyridine rings is 1. The number of thiophene rings is 1. The highest BCUT2D eigenvalue weighted by atomic mass is 32.1. The first-order valence-electron chi connectivity index (χ1n) is 8.47. The highest BCUT2D eigenvalue weighted by Crippen LogP contribution is 2.34. The third-order valence-corrected chi connectivity index (χ3v) is 5.54. The van der Waals surface area contributed by atoms with Crippen molar-refractivity contribution in [2.75, 3.05) is 26.6 Å². The Balaban J connectivity index is 2.08. The highest BCUT2D eigenvalue weighted by molar-refractivity contribution is 7.18. The second-order valence-electron chi connectivity index (χ2n) is 6.01.